The van der Waals surface area contributed by atoms with Crippen LogP contribution in [0.3, 0.4) is 0 Å². The van der Waals surface area contributed by atoms with Crippen molar-refractivity contribution < 1.29 is 9.53 Å². The molecule has 1 aromatic heterocycles. The van der Waals surface area contributed by atoms with Crippen LogP contribution >= 0.6 is 11.3 Å². The summed E-state index contributed by atoms with van der Waals surface area (Å²) in [4.78, 5) is 16.8. The Hall–Kier alpha value is -2.15. The van der Waals surface area contributed by atoms with Crippen molar-refractivity contribution in [1.82, 2.24) is 15.1 Å². The Bertz CT molecular complexity index is 724. The number of anilines is 1. The van der Waals surface area contributed by atoms with Crippen LogP contribution in [0, 0.1) is 6.92 Å². The van der Waals surface area contributed by atoms with Gasteiger partial charge >= 0.3 is 0 Å². The Morgan fingerprint density at radius 1 is 1.07 bits per heavy atom. The fraction of sp³-hybridized carbons (Fsp3) is 0.550. The Morgan fingerprint density at radius 2 is 1.81 bits per heavy atom. The zero-order valence-electron chi connectivity index (χ0n) is 16.2. The highest BCUT2D eigenvalue weighted by molar-refractivity contribution is 7.15. The van der Waals surface area contributed by atoms with Crippen molar-refractivity contribution in [2.45, 2.75) is 39.5 Å². The van der Waals surface area contributed by atoms with Gasteiger partial charge in [-0.3, -0.25) is 4.79 Å². The number of amides is 1. The molecule has 0 spiro atoms. The van der Waals surface area contributed by atoms with E-state index in [1.165, 1.54) is 19.3 Å². The summed E-state index contributed by atoms with van der Waals surface area (Å²) in [6.07, 6.45) is 4.76. The van der Waals surface area contributed by atoms with Crippen LogP contribution < -0.4 is 9.64 Å². The molecule has 6 nitrogen and oxygen atoms in total. The lowest BCUT2D eigenvalue weighted by molar-refractivity contribution is 0.0746. The van der Waals surface area contributed by atoms with E-state index in [0.29, 0.717) is 18.7 Å². The molecule has 1 aliphatic heterocycles. The fourth-order valence-electron chi connectivity index (χ4n) is 3.11. The van der Waals surface area contributed by atoms with E-state index < -0.39 is 0 Å². The summed E-state index contributed by atoms with van der Waals surface area (Å²) in [5.74, 6) is 0.914. The molecule has 27 heavy (non-hydrogen) atoms. The summed E-state index contributed by atoms with van der Waals surface area (Å²) in [7, 11) is 0. The number of hydrogen-bond acceptors (Lipinski definition) is 6. The van der Waals surface area contributed by atoms with E-state index >= 15 is 0 Å². The number of aryl methyl sites for hydroxylation is 1. The summed E-state index contributed by atoms with van der Waals surface area (Å²) in [6, 6.07) is 7.52. The van der Waals surface area contributed by atoms with E-state index in [4.69, 9.17) is 4.74 Å². The van der Waals surface area contributed by atoms with Gasteiger partial charge in [0, 0.05) is 31.7 Å². The molecule has 0 N–H and O–H groups in total. The van der Waals surface area contributed by atoms with E-state index in [2.05, 4.69) is 22.0 Å². The first-order valence-corrected chi connectivity index (χ1v) is 10.6. The molecule has 0 saturated carbocycles. The number of unbranched alkanes of at least 4 members (excludes halogenated alkanes) is 3. The van der Waals surface area contributed by atoms with Gasteiger partial charge in [-0.25, -0.2) is 0 Å². The topological polar surface area (TPSA) is 58.6 Å². The molecule has 1 aromatic carbocycles. The van der Waals surface area contributed by atoms with Gasteiger partial charge in [-0.2, -0.15) is 0 Å². The molecule has 1 aliphatic rings. The zero-order valence-corrected chi connectivity index (χ0v) is 17.0. The van der Waals surface area contributed by atoms with Gasteiger partial charge in [-0.15, -0.1) is 10.2 Å². The van der Waals surface area contributed by atoms with Crippen molar-refractivity contribution in [3.8, 4) is 5.75 Å². The Balaban J connectivity index is 1.46. The van der Waals surface area contributed by atoms with Gasteiger partial charge in [0.25, 0.3) is 5.91 Å². The summed E-state index contributed by atoms with van der Waals surface area (Å²) < 4.78 is 5.75. The van der Waals surface area contributed by atoms with E-state index in [1.54, 1.807) is 11.3 Å². The number of nitrogens with zero attached hydrogens (tertiary/aromatic N) is 4. The normalized spacial score (nSPS) is 14.4. The molecule has 3 rings (SSSR count). The molecule has 2 heterocycles. The number of hydrogen-bond donors (Lipinski definition) is 0. The van der Waals surface area contributed by atoms with Crippen molar-refractivity contribution in [2.75, 3.05) is 37.7 Å². The van der Waals surface area contributed by atoms with Gasteiger partial charge in [-0.05, 0) is 37.6 Å². The van der Waals surface area contributed by atoms with E-state index in [1.807, 2.05) is 36.1 Å². The zero-order chi connectivity index (χ0) is 19.1. The molecule has 2 aromatic rings. The van der Waals surface area contributed by atoms with Gasteiger partial charge < -0.3 is 14.5 Å². The van der Waals surface area contributed by atoms with Crippen LogP contribution in [0.4, 0.5) is 5.13 Å². The number of benzene rings is 1. The molecule has 0 radical (unpaired) electrons. The van der Waals surface area contributed by atoms with Crippen molar-refractivity contribution in [2.24, 2.45) is 0 Å². The Morgan fingerprint density at radius 3 is 2.44 bits per heavy atom. The molecular weight excluding hydrogens is 360 g/mol. The summed E-state index contributed by atoms with van der Waals surface area (Å²) in [6.45, 7) is 7.88. The maximum atomic E-state index is 12.7. The lowest BCUT2D eigenvalue weighted by atomic mass is 10.1. The number of carbonyl (C=O) groups excluding carboxylic acids is 1. The maximum Gasteiger partial charge on any atom is 0.253 e. The van der Waals surface area contributed by atoms with Crippen LogP contribution in [0.5, 0.6) is 5.75 Å². The number of rotatable bonds is 8. The van der Waals surface area contributed by atoms with Crippen LogP contribution in [-0.2, 0) is 0 Å². The van der Waals surface area contributed by atoms with Gasteiger partial charge in [-0.1, -0.05) is 37.5 Å². The molecule has 0 bridgehead atoms. The van der Waals surface area contributed by atoms with Crippen LogP contribution in [0.2, 0.25) is 0 Å². The molecule has 1 amide bonds. The predicted molar refractivity (Wildman–Crippen MR) is 109 cm³/mol. The van der Waals surface area contributed by atoms with Gasteiger partial charge in [0.05, 0.1) is 6.61 Å². The first-order valence-electron chi connectivity index (χ1n) is 9.74. The van der Waals surface area contributed by atoms with Gasteiger partial charge in [0.1, 0.15) is 10.8 Å². The van der Waals surface area contributed by atoms with Crippen LogP contribution in [0.25, 0.3) is 0 Å². The third-order valence-corrected chi connectivity index (χ3v) is 5.62. The second kappa shape index (κ2) is 9.69. The van der Waals surface area contributed by atoms with Crippen LogP contribution in [0.1, 0.15) is 48.0 Å². The molecule has 1 saturated heterocycles. The molecule has 0 atom stereocenters. The Kier molecular flexibility index (Phi) is 7.04. The van der Waals surface area contributed by atoms with Crippen molar-refractivity contribution >= 4 is 22.4 Å². The summed E-state index contributed by atoms with van der Waals surface area (Å²) in [5, 5.41) is 10.2. The Labute approximate surface area is 165 Å². The monoisotopic (exact) mass is 388 g/mol. The minimum atomic E-state index is 0.0811. The molecule has 1 fully saturated rings. The molecule has 0 unspecified atom stereocenters. The van der Waals surface area contributed by atoms with E-state index in [0.717, 1.165) is 42.0 Å². The lowest BCUT2D eigenvalue weighted by Crippen LogP contribution is -2.48. The first kappa shape index (κ1) is 19.6. The summed E-state index contributed by atoms with van der Waals surface area (Å²) in [5.41, 5.74) is 0.716. The highest BCUT2D eigenvalue weighted by atomic mass is 32.1. The smallest absolute Gasteiger partial charge is 0.253 e. The number of aromatic nitrogens is 2. The fourth-order valence-corrected chi connectivity index (χ4v) is 3.85. The number of ether oxygens (including phenoxy) is 1. The largest absolute Gasteiger partial charge is 0.494 e. The quantitative estimate of drug-likeness (QED) is 0.644. The molecule has 7 heteroatoms. The number of piperazine rings is 1. The van der Waals surface area contributed by atoms with E-state index in [9.17, 15) is 4.79 Å². The predicted octanol–water partition coefficient (Wildman–Crippen LogP) is 3.77. The SMILES string of the molecule is CCCCCCOc1ccc(C(=O)N2CCN(c3nnc(C)s3)CC2)cc1. The van der Waals surface area contributed by atoms with E-state index in [-0.39, 0.29) is 5.91 Å². The third kappa shape index (κ3) is 5.42. The van der Waals surface area contributed by atoms with Crippen LogP contribution in [0.15, 0.2) is 24.3 Å². The summed E-state index contributed by atoms with van der Waals surface area (Å²) >= 11 is 1.60. The third-order valence-electron chi connectivity index (χ3n) is 4.72. The standard InChI is InChI=1S/C20H28N4O2S/c1-3-4-5-6-15-26-18-9-7-17(8-10-18)19(25)23-11-13-24(14-12-23)20-22-21-16(2)27-20/h7-10H,3-6,11-15H2,1-2H3. The second-order valence-electron chi connectivity index (χ2n) is 6.82. The van der Waals surface area contributed by atoms with Gasteiger partial charge in [0.15, 0.2) is 0 Å². The highest BCUT2D eigenvalue weighted by Crippen LogP contribution is 2.22. The number of carbonyl (C=O) groups is 1. The lowest BCUT2D eigenvalue weighted by Gasteiger charge is -2.34. The van der Waals surface area contributed by atoms with Crippen molar-refractivity contribution in [3.05, 3.63) is 34.8 Å². The second-order valence-corrected chi connectivity index (χ2v) is 7.98. The molecular formula is C20H28N4O2S. The minimum absolute atomic E-state index is 0.0811. The van der Waals surface area contributed by atoms with Gasteiger partial charge in [0.2, 0.25) is 5.13 Å². The van der Waals surface area contributed by atoms with Crippen molar-refractivity contribution in [1.29, 1.82) is 0 Å². The van der Waals surface area contributed by atoms with Crippen molar-refractivity contribution in [3.63, 3.8) is 0 Å². The average Bonchev–Trinajstić information content (AvgIpc) is 3.14. The minimum Gasteiger partial charge on any atom is -0.494 e. The van der Waals surface area contributed by atoms with Crippen LogP contribution in [-0.4, -0.2) is 53.8 Å². The average molecular weight is 389 g/mol. The highest BCUT2D eigenvalue weighted by Gasteiger charge is 2.23. The first-order chi connectivity index (χ1) is 13.2. The maximum absolute atomic E-state index is 12.7. The molecule has 146 valence electrons. The molecule has 0 aliphatic carbocycles.